The third kappa shape index (κ3) is 3.02. The average molecular weight is 433 g/mol. The highest BCUT2D eigenvalue weighted by Gasteiger charge is 2.40. The third-order valence-corrected chi connectivity index (χ3v) is 6.65. The summed E-state index contributed by atoms with van der Waals surface area (Å²) in [5, 5.41) is 1.16. The van der Waals surface area contributed by atoms with Crippen molar-refractivity contribution in [3.05, 3.63) is 119 Å². The summed E-state index contributed by atoms with van der Waals surface area (Å²) in [5.41, 5.74) is 6.37. The first-order valence-corrected chi connectivity index (χ1v) is 11.2. The van der Waals surface area contributed by atoms with E-state index < -0.39 is 0 Å². The second-order valence-electron chi connectivity index (χ2n) is 8.64. The lowest BCUT2D eigenvalue weighted by molar-refractivity contribution is 0.0723. The summed E-state index contributed by atoms with van der Waals surface area (Å²) in [6.45, 7) is 2.35. The van der Waals surface area contributed by atoms with E-state index in [1.807, 2.05) is 48.2 Å². The molecule has 162 valence electrons. The fourth-order valence-corrected chi connectivity index (χ4v) is 5.23. The molecule has 0 spiro atoms. The summed E-state index contributed by atoms with van der Waals surface area (Å²) in [4.78, 5) is 15.6. The van der Waals surface area contributed by atoms with Crippen molar-refractivity contribution < 1.29 is 9.21 Å². The van der Waals surface area contributed by atoms with Crippen LogP contribution in [-0.4, -0.2) is 15.4 Å². The minimum absolute atomic E-state index is 0.0385. The largest absolute Gasteiger partial charge is 0.464 e. The lowest BCUT2D eigenvalue weighted by Crippen LogP contribution is -2.28. The number of para-hydroxylation sites is 1. The van der Waals surface area contributed by atoms with Crippen LogP contribution < -0.4 is 0 Å². The predicted molar refractivity (Wildman–Crippen MR) is 130 cm³/mol. The number of amides is 1. The molecule has 0 radical (unpaired) electrons. The van der Waals surface area contributed by atoms with Crippen molar-refractivity contribution in [1.82, 2.24) is 9.47 Å². The van der Waals surface area contributed by atoms with Gasteiger partial charge in [-0.25, -0.2) is 0 Å². The SMILES string of the molecule is Cc1ccc(CN2C(=O)c3ccccc3[C@H]2c2c(-c3ccccc3)n(C)c3ccccc23)o1. The van der Waals surface area contributed by atoms with Gasteiger partial charge in [0.05, 0.1) is 18.3 Å². The Bertz CT molecular complexity index is 1490. The van der Waals surface area contributed by atoms with Gasteiger partial charge in [-0.2, -0.15) is 0 Å². The molecule has 1 aliphatic rings. The van der Waals surface area contributed by atoms with Crippen LogP contribution in [0.2, 0.25) is 0 Å². The standard InChI is InChI=1S/C29H24N2O2/c1-19-16-17-21(33-19)18-31-28(22-12-6-7-13-23(22)29(31)32)26-24-14-8-9-15-25(24)30(2)27(26)20-10-4-3-5-11-20/h3-17,28H,18H2,1-2H3/t28-/m0/s1. The van der Waals surface area contributed by atoms with E-state index in [-0.39, 0.29) is 11.9 Å². The highest BCUT2D eigenvalue weighted by Crippen LogP contribution is 2.46. The zero-order chi connectivity index (χ0) is 22.5. The molecule has 0 bridgehead atoms. The molecule has 1 amide bonds. The van der Waals surface area contributed by atoms with Crippen LogP contribution in [0.15, 0.2) is 95.4 Å². The van der Waals surface area contributed by atoms with E-state index in [0.717, 1.165) is 50.4 Å². The van der Waals surface area contributed by atoms with E-state index >= 15 is 0 Å². The topological polar surface area (TPSA) is 38.4 Å². The molecule has 0 fully saturated rings. The average Bonchev–Trinajstić information content (AvgIpc) is 3.48. The molecule has 2 aromatic heterocycles. The van der Waals surface area contributed by atoms with Crippen molar-refractivity contribution in [2.24, 2.45) is 7.05 Å². The Balaban J connectivity index is 1.64. The summed E-state index contributed by atoms with van der Waals surface area (Å²) < 4.78 is 8.14. The third-order valence-electron chi connectivity index (χ3n) is 6.65. The van der Waals surface area contributed by atoms with Crippen LogP contribution in [0.3, 0.4) is 0 Å². The summed E-state index contributed by atoms with van der Waals surface area (Å²) in [6, 6.07) is 30.6. The summed E-state index contributed by atoms with van der Waals surface area (Å²) >= 11 is 0. The van der Waals surface area contributed by atoms with Gasteiger partial charge < -0.3 is 13.9 Å². The Morgan fingerprint density at radius 1 is 0.848 bits per heavy atom. The Morgan fingerprint density at radius 2 is 1.58 bits per heavy atom. The molecule has 0 unspecified atom stereocenters. The Labute approximate surface area is 192 Å². The van der Waals surface area contributed by atoms with Crippen molar-refractivity contribution in [3.63, 3.8) is 0 Å². The Kier molecular flexibility index (Phi) is 4.47. The lowest BCUT2D eigenvalue weighted by atomic mass is 9.93. The first-order valence-electron chi connectivity index (χ1n) is 11.2. The minimum atomic E-state index is -0.208. The number of nitrogens with zero attached hydrogens (tertiary/aromatic N) is 2. The molecule has 33 heavy (non-hydrogen) atoms. The van der Waals surface area contributed by atoms with E-state index in [1.165, 1.54) is 0 Å². The van der Waals surface area contributed by atoms with Crippen LogP contribution >= 0.6 is 0 Å². The Hall–Kier alpha value is -4.05. The number of aromatic nitrogens is 1. The maximum absolute atomic E-state index is 13.7. The monoisotopic (exact) mass is 432 g/mol. The molecule has 5 aromatic rings. The van der Waals surface area contributed by atoms with Gasteiger partial charge in [0, 0.05) is 29.1 Å². The minimum Gasteiger partial charge on any atom is -0.464 e. The second-order valence-corrected chi connectivity index (χ2v) is 8.64. The number of carbonyl (C=O) groups excluding carboxylic acids is 1. The van der Waals surface area contributed by atoms with Crippen LogP contribution in [-0.2, 0) is 13.6 Å². The second kappa shape index (κ2) is 7.52. The van der Waals surface area contributed by atoms with Gasteiger partial charge in [0.15, 0.2) is 0 Å². The number of carbonyl (C=O) groups is 1. The van der Waals surface area contributed by atoms with E-state index in [1.54, 1.807) is 0 Å². The molecule has 3 heterocycles. The fraction of sp³-hybridized carbons (Fsp3) is 0.138. The van der Waals surface area contributed by atoms with Gasteiger partial charge in [0.25, 0.3) is 5.91 Å². The highest BCUT2D eigenvalue weighted by atomic mass is 16.3. The molecule has 3 aromatic carbocycles. The summed E-state index contributed by atoms with van der Waals surface area (Å²) in [7, 11) is 2.11. The smallest absolute Gasteiger partial charge is 0.255 e. The quantitative estimate of drug-likeness (QED) is 0.325. The molecule has 4 heteroatoms. The Morgan fingerprint density at radius 3 is 2.36 bits per heavy atom. The molecule has 0 N–H and O–H groups in total. The number of aryl methyl sites for hydroxylation is 2. The summed E-state index contributed by atoms with van der Waals surface area (Å²) in [6.07, 6.45) is 0. The van der Waals surface area contributed by atoms with E-state index in [9.17, 15) is 4.79 Å². The molecule has 6 rings (SSSR count). The van der Waals surface area contributed by atoms with Gasteiger partial charge >= 0.3 is 0 Å². The van der Waals surface area contributed by atoms with Crippen molar-refractivity contribution in [2.45, 2.75) is 19.5 Å². The first kappa shape index (κ1) is 19.6. The molecule has 4 nitrogen and oxygen atoms in total. The first-order chi connectivity index (χ1) is 16.1. The van der Waals surface area contributed by atoms with Crippen molar-refractivity contribution in [3.8, 4) is 11.3 Å². The van der Waals surface area contributed by atoms with Crippen molar-refractivity contribution in [1.29, 1.82) is 0 Å². The highest BCUT2D eigenvalue weighted by molar-refractivity contribution is 6.02. The maximum atomic E-state index is 13.7. The van der Waals surface area contributed by atoms with Gasteiger partial charge in [0.1, 0.15) is 11.5 Å². The van der Waals surface area contributed by atoms with Gasteiger partial charge in [-0.05, 0) is 42.3 Å². The van der Waals surface area contributed by atoms with Gasteiger partial charge in [-0.15, -0.1) is 0 Å². The number of hydrogen-bond donors (Lipinski definition) is 0. The number of hydrogen-bond acceptors (Lipinski definition) is 2. The van der Waals surface area contributed by atoms with Crippen LogP contribution in [0.25, 0.3) is 22.2 Å². The molecular weight excluding hydrogens is 408 g/mol. The van der Waals surface area contributed by atoms with E-state index in [2.05, 4.69) is 66.2 Å². The van der Waals surface area contributed by atoms with Crippen LogP contribution in [0, 0.1) is 6.92 Å². The number of furan rings is 1. The zero-order valence-electron chi connectivity index (χ0n) is 18.7. The van der Waals surface area contributed by atoms with Crippen molar-refractivity contribution in [2.75, 3.05) is 0 Å². The number of fused-ring (bicyclic) bond motifs is 2. The van der Waals surface area contributed by atoms with Crippen molar-refractivity contribution >= 4 is 16.8 Å². The molecule has 0 aliphatic carbocycles. The molecule has 1 aliphatic heterocycles. The normalized spacial score (nSPS) is 15.4. The van der Waals surface area contributed by atoms with Crippen LogP contribution in [0.1, 0.15) is 39.0 Å². The van der Waals surface area contributed by atoms with Crippen LogP contribution in [0.4, 0.5) is 0 Å². The fourth-order valence-electron chi connectivity index (χ4n) is 5.23. The number of benzene rings is 3. The van der Waals surface area contributed by atoms with Gasteiger partial charge in [-0.3, -0.25) is 4.79 Å². The van der Waals surface area contributed by atoms with E-state index in [4.69, 9.17) is 4.42 Å². The van der Waals surface area contributed by atoms with E-state index in [0.29, 0.717) is 6.54 Å². The lowest BCUT2D eigenvalue weighted by Gasteiger charge is -2.26. The number of rotatable bonds is 4. The van der Waals surface area contributed by atoms with Gasteiger partial charge in [0.2, 0.25) is 0 Å². The maximum Gasteiger partial charge on any atom is 0.255 e. The van der Waals surface area contributed by atoms with Crippen LogP contribution in [0.5, 0.6) is 0 Å². The molecule has 1 atom stereocenters. The molecule has 0 saturated carbocycles. The molecule has 0 saturated heterocycles. The zero-order valence-corrected chi connectivity index (χ0v) is 18.7. The molecular formula is C29H24N2O2. The summed E-state index contributed by atoms with van der Waals surface area (Å²) in [5.74, 6) is 1.68. The van der Waals surface area contributed by atoms with Gasteiger partial charge in [-0.1, -0.05) is 66.7 Å². The predicted octanol–water partition coefficient (Wildman–Crippen LogP) is 6.49.